The van der Waals surface area contributed by atoms with Gasteiger partial charge in [-0.05, 0) is 0 Å². The van der Waals surface area contributed by atoms with E-state index < -0.39 is 0 Å². The van der Waals surface area contributed by atoms with Gasteiger partial charge in [0.25, 0.3) is 0 Å². The highest BCUT2D eigenvalue weighted by atomic mass is 27.1. The van der Waals surface area contributed by atoms with Crippen molar-refractivity contribution in [2.24, 2.45) is 0 Å². The van der Waals surface area contributed by atoms with Crippen LogP contribution >= 0.6 is 0 Å². The molecule has 0 aliphatic rings. The highest BCUT2D eigenvalue weighted by Crippen LogP contribution is 1.72. The summed E-state index contributed by atoms with van der Waals surface area (Å²) in [6.07, 6.45) is 1.99. The van der Waals surface area contributed by atoms with Crippen molar-refractivity contribution in [2.75, 3.05) is 0 Å². The number of hydrogen-bond acceptors (Lipinski definition) is 0. The first-order valence-corrected chi connectivity index (χ1v) is 4.44. The van der Waals surface area contributed by atoms with E-state index in [1.165, 1.54) is 5.28 Å². The Labute approximate surface area is 54.3 Å². The Kier molecular flexibility index (Phi) is 36.5. The molecule has 0 rings (SSSR count). The predicted molar refractivity (Wildman–Crippen MR) is 41.5 cm³/mol. The van der Waals surface area contributed by atoms with Crippen molar-refractivity contribution in [3.05, 3.63) is 12.7 Å². The van der Waals surface area contributed by atoms with Crippen LogP contribution in [0.4, 0.5) is 0 Å². The first kappa shape index (κ1) is 15.7. The minimum atomic E-state index is 0. The summed E-state index contributed by atoms with van der Waals surface area (Å²) in [4.78, 5) is 0. The van der Waals surface area contributed by atoms with Gasteiger partial charge >= 0.3 is 0 Å². The SMILES string of the molecule is C.C.C=C[CH2][AlH][CH3]. The van der Waals surface area contributed by atoms with Crippen LogP contribution in [0.25, 0.3) is 0 Å². The van der Waals surface area contributed by atoms with E-state index in [1.807, 2.05) is 6.08 Å². The molecule has 0 aromatic heterocycles. The molecule has 0 aromatic rings. The summed E-state index contributed by atoms with van der Waals surface area (Å²) in [7, 11) is 0. The lowest BCUT2D eigenvalue weighted by Gasteiger charge is -1.67. The second-order valence-corrected chi connectivity index (χ2v) is 2.65. The molecule has 1 heteroatoms. The number of hydrogen-bond donors (Lipinski definition) is 0. The molecule has 0 radical (unpaired) electrons. The van der Waals surface area contributed by atoms with Gasteiger partial charge in [0.2, 0.25) is 15.2 Å². The van der Waals surface area contributed by atoms with Gasteiger partial charge in [0.05, 0.1) is 0 Å². The standard InChI is InChI=1S/C3H5.2CH4.CH3.Al.H/c1-3-2;;;;;/h3H,1-2H2;2*1H4;1H3;;. The van der Waals surface area contributed by atoms with Crippen molar-refractivity contribution in [1.29, 1.82) is 0 Å². The van der Waals surface area contributed by atoms with E-state index in [2.05, 4.69) is 12.4 Å². The molecule has 0 saturated heterocycles. The Morgan fingerprint density at radius 2 is 2.00 bits per heavy atom. The molecule has 0 N–H and O–H groups in total. The second-order valence-electron chi connectivity index (χ2n) is 1.08. The summed E-state index contributed by atoms with van der Waals surface area (Å²) in [6.45, 7) is 3.59. The Bertz CT molecular complexity index is 25.4. The average Bonchev–Trinajstić information content (AvgIpc) is 1.41. The zero-order chi connectivity index (χ0) is 4.12. The van der Waals surface area contributed by atoms with E-state index in [0.29, 0.717) is 15.2 Å². The Morgan fingerprint density at radius 1 is 1.57 bits per heavy atom. The fourth-order valence-corrected chi connectivity index (χ4v) is 0.612. The van der Waals surface area contributed by atoms with Crippen LogP contribution < -0.4 is 0 Å². The van der Waals surface area contributed by atoms with E-state index in [9.17, 15) is 0 Å². The van der Waals surface area contributed by atoms with Crippen LogP contribution in [0.3, 0.4) is 0 Å². The van der Waals surface area contributed by atoms with Gasteiger partial charge < -0.3 is 0 Å². The Hall–Kier alpha value is 0.272. The van der Waals surface area contributed by atoms with Crippen LogP contribution in [0.5, 0.6) is 0 Å². The zero-order valence-electron chi connectivity index (χ0n) is 3.70. The van der Waals surface area contributed by atoms with Crippen LogP contribution in [0.15, 0.2) is 12.7 Å². The predicted octanol–water partition coefficient (Wildman–Crippen LogP) is 2.35. The fourth-order valence-electron chi connectivity index (χ4n) is 0.204. The molecule has 0 saturated carbocycles. The molecule has 0 aliphatic carbocycles. The van der Waals surface area contributed by atoms with Crippen molar-refractivity contribution in [3.63, 3.8) is 0 Å². The maximum atomic E-state index is 3.59. The van der Waals surface area contributed by atoms with Crippen LogP contribution in [0, 0.1) is 0 Å². The van der Waals surface area contributed by atoms with Crippen molar-refractivity contribution in [2.45, 2.75) is 25.9 Å². The topological polar surface area (TPSA) is 0 Å². The Morgan fingerprint density at radius 3 is 2.00 bits per heavy atom. The van der Waals surface area contributed by atoms with E-state index in [0.717, 1.165) is 0 Å². The molecular weight excluding hydrogens is 99.0 g/mol. The molecule has 44 valence electrons. The number of allylic oxidation sites excluding steroid dienone is 1. The highest BCUT2D eigenvalue weighted by molar-refractivity contribution is 6.34. The van der Waals surface area contributed by atoms with Crippen molar-refractivity contribution in [3.8, 4) is 0 Å². The largest absolute Gasteiger partial charge is 0.238 e. The van der Waals surface area contributed by atoms with Crippen LogP contribution in [-0.2, 0) is 0 Å². The number of rotatable bonds is 2. The summed E-state index contributed by atoms with van der Waals surface area (Å²) in [5.41, 5.74) is 0. The van der Waals surface area contributed by atoms with Gasteiger partial charge in [-0.1, -0.05) is 20.1 Å². The first-order chi connectivity index (χ1) is 2.41. The van der Waals surface area contributed by atoms with Gasteiger partial charge in [0.1, 0.15) is 0 Å². The van der Waals surface area contributed by atoms with E-state index in [1.54, 1.807) is 0 Å². The molecule has 0 fully saturated rings. The molecule has 7 heavy (non-hydrogen) atoms. The zero-order valence-corrected chi connectivity index (χ0v) is 5.11. The Balaban J connectivity index is -0.0000000800. The third-order valence-electron chi connectivity index (χ3n) is 0.493. The monoisotopic (exact) mass is 116 g/mol. The molecule has 0 bridgehead atoms. The van der Waals surface area contributed by atoms with E-state index >= 15 is 0 Å². The summed E-state index contributed by atoms with van der Waals surface area (Å²) < 4.78 is 0. The maximum absolute atomic E-state index is 3.59. The van der Waals surface area contributed by atoms with Crippen LogP contribution in [-0.4, -0.2) is 15.2 Å². The molecular formula is C6H17Al. The summed E-state index contributed by atoms with van der Waals surface area (Å²) in [5, 5.41) is 1.29. The first-order valence-electron chi connectivity index (χ1n) is 2.02. The van der Waals surface area contributed by atoms with Gasteiger partial charge in [-0.15, -0.1) is 18.4 Å². The fraction of sp³-hybridized carbons (Fsp3) is 0.667. The summed E-state index contributed by atoms with van der Waals surface area (Å²) >= 11 is 0.296. The van der Waals surface area contributed by atoms with Crippen LogP contribution in [0.2, 0.25) is 11.1 Å². The van der Waals surface area contributed by atoms with Crippen molar-refractivity contribution < 1.29 is 0 Å². The molecule has 0 heterocycles. The smallest absolute Gasteiger partial charge is 0.109 e. The van der Waals surface area contributed by atoms with E-state index in [-0.39, 0.29) is 14.9 Å². The summed E-state index contributed by atoms with van der Waals surface area (Å²) in [5.74, 6) is 2.28. The van der Waals surface area contributed by atoms with Gasteiger partial charge in [0.15, 0.2) is 0 Å². The molecule has 0 atom stereocenters. The lowest BCUT2D eigenvalue weighted by atomic mass is 10.8. The van der Waals surface area contributed by atoms with Crippen molar-refractivity contribution in [1.82, 2.24) is 0 Å². The lowest BCUT2D eigenvalue weighted by Crippen LogP contribution is -1.69. The third kappa shape index (κ3) is 22.2. The molecule has 0 amide bonds. The van der Waals surface area contributed by atoms with Crippen molar-refractivity contribution >= 4 is 15.2 Å². The second kappa shape index (κ2) is 16.3. The van der Waals surface area contributed by atoms with Gasteiger partial charge in [-0.2, -0.15) is 0 Å². The minimum Gasteiger partial charge on any atom is -0.109 e. The van der Waals surface area contributed by atoms with Crippen LogP contribution in [0.1, 0.15) is 14.9 Å². The third-order valence-corrected chi connectivity index (χ3v) is 1.48. The summed E-state index contributed by atoms with van der Waals surface area (Å²) in [6, 6.07) is 0. The minimum absolute atomic E-state index is 0. The molecule has 0 unspecified atom stereocenters. The average molecular weight is 116 g/mol. The quantitative estimate of drug-likeness (QED) is 0.383. The van der Waals surface area contributed by atoms with Gasteiger partial charge in [-0.3, -0.25) is 0 Å². The molecule has 0 aliphatic heterocycles. The normalized spacial score (nSPS) is 4.71. The van der Waals surface area contributed by atoms with Gasteiger partial charge in [0, 0.05) is 0 Å². The highest BCUT2D eigenvalue weighted by Gasteiger charge is 1.69. The lowest BCUT2D eigenvalue weighted by molar-refractivity contribution is 1.71. The maximum Gasteiger partial charge on any atom is 0.238 e. The molecule has 0 aromatic carbocycles. The molecule has 0 spiro atoms. The van der Waals surface area contributed by atoms with Gasteiger partial charge in [-0.25, -0.2) is 0 Å². The molecule has 0 nitrogen and oxygen atoms in total. The van der Waals surface area contributed by atoms with E-state index in [4.69, 9.17) is 0 Å².